The molecule has 1 aromatic rings. The van der Waals surface area contributed by atoms with Crippen molar-refractivity contribution in [3.05, 3.63) is 28.5 Å². The van der Waals surface area contributed by atoms with Crippen LogP contribution in [0.15, 0.2) is 12.3 Å². The lowest BCUT2D eigenvalue weighted by atomic mass is 9.49. The number of ether oxygens (including phenoxy) is 3. The van der Waals surface area contributed by atoms with Crippen LogP contribution in [0.3, 0.4) is 0 Å². The smallest absolute Gasteiger partial charge is 0.404 e. The predicted octanol–water partition coefficient (Wildman–Crippen LogP) is 5.40. The van der Waals surface area contributed by atoms with Crippen LogP contribution in [0, 0.1) is 23.2 Å². The molecule has 0 aromatic carbocycles. The third-order valence-electron chi connectivity index (χ3n) is 9.07. The van der Waals surface area contributed by atoms with Gasteiger partial charge < -0.3 is 25.3 Å². The van der Waals surface area contributed by atoms with Crippen molar-refractivity contribution in [3.8, 4) is 0 Å². The first-order valence-corrected chi connectivity index (χ1v) is 14.9. The Balaban J connectivity index is 1.10. The molecule has 2 heterocycles. The zero-order valence-electron chi connectivity index (χ0n) is 22.3. The molecule has 1 aromatic heterocycles. The number of aromatic nitrogens is 1. The number of carbonyl (C=O) groups excluding carboxylic acids is 2. The van der Waals surface area contributed by atoms with E-state index in [4.69, 9.17) is 31.5 Å². The van der Waals surface area contributed by atoms with Crippen LogP contribution in [0.5, 0.6) is 0 Å². The van der Waals surface area contributed by atoms with Gasteiger partial charge in [0.25, 0.3) is 5.91 Å². The van der Waals surface area contributed by atoms with Gasteiger partial charge in [-0.25, -0.2) is 4.79 Å². The van der Waals surface area contributed by atoms with Crippen LogP contribution < -0.4 is 11.1 Å². The molecule has 4 aliphatic carbocycles. The average molecular weight is 548 g/mol. The van der Waals surface area contributed by atoms with Gasteiger partial charge in [0, 0.05) is 31.5 Å². The van der Waals surface area contributed by atoms with Crippen LogP contribution in [0.2, 0.25) is 5.02 Å². The van der Waals surface area contributed by atoms with Gasteiger partial charge in [-0.2, -0.15) is 0 Å². The van der Waals surface area contributed by atoms with Gasteiger partial charge >= 0.3 is 6.09 Å². The fourth-order valence-electron chi connectivity index (χ4n) is 7.77. The Morgan fingerprint density at radius 1 is 1.16 bits per heavy atom. The number of nitrogens with zero attached hydrogens (tertiary/aromatic N) is 1. The van der Waals surface area contributed by atoms with Crippen molar-refractivity contribution >= 4 is 23.6 Å². The van der Waals surface area contributed by atoms with Crippen LogP contribution in [-0.2, 0) is 20.6 Å². The van der Waals surface area contributed by atoms with E-state index in [9.17, 15) is 9.59 Å². The van der Waals surface area contributed by atoms with Crippen molar-refractivity contribution in [1.29, 1.82) is 0 Å². The summed E-state index contributed by atoms with van der Waals surface area (Å²) in [7, 11) is 0. The summed E-state index contributed by atoms with van der Waals surface area (Å²) in [5.74, 6) is 2.43. The number of rotatable bonds is 12. The lowest BCUT2D eigenvalue weighted by Crippen LogP contribution is -2.51. The lowest BCUT2D eigenvalue weighted by molar-refractivity contribution is -0.165. The Kier molecular flexibility index (Phi) is 9.11. The van der Waals surface area contributed by atoms with Gasteiger partial charge in [-0.1, -0.05) is 11.6 Å². The van der Waals surface area contributed by atoms with Crippen molar-refractivity contribution in [3.63, 3.8) is 0 Å². The molecule has 5 aliphatic rings. The van der Waals surface area contributed by atoms with E-state index in [1.54, 1.807) is 12.3 Å². The highest BCUT2D eigenvalue weighted by atomic mass is 35.5. The van der Waals surface area contributed by atoms with Crippen LogP contribution in [0.25, 0.3) is 0 Å². The Morgan fingerprint density at radius 2 is 1.89 bits per heavy atom. The second-order valence-electron chi connectivity index (χ2n) is 12.2. The zero-order valence-corrected chi connectivity index (χ0v) is 23.1. The molecule has 2 atom stereocenters. The summed E-state index contributed by atoms with van der Waals surface area (Å²) in [6, 6.07) is 1.80. The normalized spacial score (nSPS) is 30.7. The van der Waals surface area contributed by atoms with Crippen LogP contribution >= 0.6 is 11.6 Å². The van der Waals surface area contributed by atoms with Crippen molar-refractivity contribution < 1.29 is 23.8 Å². The number of hydrogen-bond acceptors (Lipinski definition) is 6. The Hall–Kier alpha value is -1.90. The summed E-state index contributed by atoms with van der Waals surface area (Å²) in [5, 5.41) is 3.59. The highest BCUT2D eigenvalue weighted by Crippen LogP contribution is 2.59. The second kappa shape index (κ2) is 12.5. The number of nitrogens with one attached hydrogen (secondary N) is 1. The number of aryl methyl sites for hydroxylation is 1. The van der Waals surface area contributed by atoms with Crippen LogP contribution in [0.4, 0.5) is 4.79 Å². The molecule has 0 radical (unpaired) electrons. The number of primary amides is 1. The Bertz CT molecular complexity index is 948. The fourth-order valence-corrected chi connectivity index (χ4v) is 7.96. The van der Waals surface area contributed by atoms with Crippen molar-refractivity contribution in [2.24, 2.45) is 28.9 Å². The molecule has 210 valence electrons. The largest absolute Gasteiger partial charge is 0.446 e. The summed E-state index contributed by atoms with van der Waals surface area (Å²) in [6.45, 7) is 1.90. The van der Waals surface area contributed by atoms with E-state index in [1.165, 1.54) is 38.5 Å². The quantitative estimate of drug-likeness (QED) is 0.362. The fraction of sp³-hybridized carbons (Fsp3) is 0.759. The molecular weight excluding hydrogens is 506 g/mol. The topological polar surface area (TPSA) is 113 Å². The third kappa shape index (κ3) is 7.19. The average Bonchev–Trinajstić information content (AvgIpc) is 2.88. The maximum Gasteiger partial charge on any atom is 0.404 e. The summed E-state index contributed by atoms with van der Waals surface area (Å²) in [5.41, 5.74) is 6.83. The molecule has 1 aliphatic heterocycles. The Labute approximate surface area is 230 Å². The molecule has 38 heavy (non-hydrogen) atoms. The number of hydrogen-bond donors (Lipinski definition) is 2. The zero-order chi connectivity index (χ0) is 26.5. The standard InChI is InChI=1S/C29H42ClN3O5/c30-25-17-32-22(4-3-5-23(38-28(31)35)7-9-37-26-6-1-2-8-36-26)13-24(25)27(34)33-18-29-14-19-10-20(15-29)12-21(11-19)16-29/h13,17,19-21,23,26H,1-12,14-16,18H2,(H2,31,35)(H,33,34). The van der Waals surface area contributed by atoms with E-state index in [-0.39, 0.29) is 23.7 Å². The molecule has 1 saturated heterocycles. The van der Waals surface area contributed by atoms with E-state index in [1.807, 2.05) is 0 Å². The first-order chi connectivity index (χ1) is 18.4. The van der Waals surface area contributed by atoms with Gasteiger partial charge in [-0.05, 0) is 106 Å². The molecule has 2 amide bonds. The molecule has 4 bridgehead atoms. The van der Waals surface area contributed by atoms with Gasteiger partial charge in [0.15, 0.2) is 6.29 Å². The minimum atomic E-state index is -0.786. The summed E-state index contributed by atoms with van der Waals surface area (Å²) < 4.78 is 16.7. The molecule has 5 fully saturated rings. The monoisotopic (exact) mass is 547 g/mol. The van der Waals surface area contributed by atoms with E-state index >= 15 is 0 Å². The first-order valence-electron chi connectivity index (χ1n) is 14.5. The molecule has 6 rings (SSSR count). The minimum absolute atomic E-state index is 0.119. The maximum absolute atomic E-state index is 13.1. The van der Waals surface area contributed by atoms with Crippen molar-refractivity contribution in [1.82, 2.24) is 10.3 Å². The lowest BCUT2D eigenvalue weighted by Gasteiger charge is -2.56. The van der Waals surface area contributed by atoms with E-state index < -0.39 is 6.09 Å². The molecule has 8 nitrogen and oxygen atoms in total. The molecule has 4 saturated carbocycles. The second-order valence-corrected chi connectivity index (χ2v) is 12.6. The minimum Gasteiger partial charge on any atom is -0.446 e. The highest BCUT2D eigenvalue weighted by molar-refractivity contribution is 6.33. The predicted molar refractivity (Wildman–Crippen MR) is 144 cm³/mol. The van der Waals surface area contributed by atoms with Crippen molar-refractivity contribution in [2.45, 2.75) is 95.9 Å². The summed E-state index contributed by atoms with van der Waals surface area (Å²) in [4.78, 5) is 29.0. The van der Waals surface area contributed by atoms with E-state index in [0.29, 0.717) is 36.5 Å². The van der Waals surface area contributed by atoms with Crippen LogP contribution in [0.1, 0.15) is 93.1 Å². The third-order valence-corrected chi connectivity index (χ3v) is 9.37. The highest BCUT2D eigenvalue weighted by Gasteiger charge is 2.50. The number of carbonyl (C=O) groups is 2. The number of halogens is 1. The number of amides is 2. The molecule has 3 N–H and O–H groups in total. The van der Waals surface area contributed by atoms with Crippen molar-refractivity contribution in [2.75, 3.05) is 19.8 Å². The van der Waals surface area contributed by atoms with Crippen LogP contribution in [-0.4, -0.2) is 49.1 Å². The molecule has 9 heteroatoms. The van der Waals surface area contributed by atoms with E-state index in [0.717, 1.165) is 62.3 Å². The maximum atomic E-state index is 13.1. The first kappa shape index (κ1) is 27.7. The molecular formula is C29H42ClN3O5. The summed E-state index contributed by atoms with van der Waals surface area (Å²) in [6.07, 6.45) is 13.8. The number of pyridine rings is 1. The molecule has 2 unspecified atom stereocenters. The van der Waals surface area contributed by atoms with Gasteiger partial charge in [0.1, 0.15) is 6.10 Å². The van der Waals surface area contributed by atoms with Gasteiger partial charge in [0.2, 0.25) is 0 Å². The van der Waals surface area contributed by atoms with Gasteiger partial charge in [-0.3, -0.25) is 9.78 Å². The summed E-state index contributed by atoms with van der Waals surface area (Å²) >= 11 is 6.39. The van der Waals surface area contributed by atoms with Gasteiger partial charge in [-0.15, -0.1) is 0 Å². The Morgan fingerprint density at radius 3 is 2.55 bits per heavy atom. The van der Waals surface area contributed by atoms with Gasteiger partial charge in [0.05, 0.1) is 17.2 Å². The molecule has 0 spiro atoms. The van der Waals surface area contributed by atoms with E-state index in [2.05, 4.69) is 10.3 Å². The SMILES string of the molecule is NC(=O)OC(CCCc1cc(C(=O)NCC23CC4CC(CC(C4)C2)C3)c(Cl)cn1)CCOC1CCCCO1. The number of nitrogens with two attached hydrogens (primary N) is 1.